The van der Waals surface area contributed by atoms with Gasteiger partial charge in [-0.15, -0.1) is 0 Å². The first-order chi connectivity index (χ1) is 10.2. The summed E-state index contributed by atoms with van der Waals surface area (Å²) in [6.45, 7) is 2.10. The third kappa shape index (κ3) is 2.97. The van der Waals surface area contributed by atoms with Crippen LogP contribution in [0, 0.1) is 0 Å². The largest absolute Gasteiger partial charge is 0.374 e. The van der Waals surface area contributed by atoms with E-state index in [1.807, 2.05) is 30.3 Å². The predicted octanol–water partition coefficient (Wildman–Crippen LogP) is 3.37. The summed E-state index contributed by atoms with van der Waals surface area (Å²) in [7, 11) is 0. The van der Waals surface area contributed by atoms with Gasteiger partial charge in [0.05, 0.1) is 6.04 Å². The minimum atomic E-state index is -0.0124. The highest BCUT2D eigenvalue weighted by atomic mass is 16.1. The van der Waals surface area contributed by atoms with E-state index in [1.165, 1.54) is 5.56 Å². The number of amides is 1. The Labute approximate surface area is 124 Å². The highest BCUT2D eigenvalue weighted by molar-refractivity contribution is 5.76. The van der Waals surface area contributed by atoms with Gasteiger partial charge in [-0.1, -0.05) is 48.5 Å². The summed E-state index contributed by atoms with van der Waals surface area (Å²) in [5.41, 5.74) is 4.64. The number of anilines is 1. The molecule has 1 amide bonds. The Morgan fingerprint density at radius 1 is 1.10 bits per heavy atom. The number of carbonyl (C=O) groups excluding carboxylic acids is 1. The molecule has 0 saturated heterocycles. The molecular weight excluding hydrogens is 260 g/mol. The van der Waals surface area contributed by atoms with Crippen LogP contribution >= 0.6 is 0 Å². The van der Waals surface area contributed by atoms with E-state index in [9.17, 15) is 4.79 Å². The molecule has 1 aliphatic heterocycles. The lowest BCUT2D eigenvalue weighted by Gasteiger charge is -2.29. The van der Waals surface area contributed by atoms with Crippen molar-refractivity contribution in [2.24, 2.45) is 0 Å². The summed E-state index contributed by atoms with van der Waals surface area (Å²) < 4.78 is 0. The van der Waals surface area contributed by atoms with E-state index >= 15 is 0 Å². The molecule has 106 valence electrons. The van der Waals surface area contributed by atoms with Crippen LogP contribution in [-0.4, -0.2) is 12.5 Å². The first-order valence-electron chi connectivity index (χ1n) is 7.09. The maximum atomic E-state index is 11.2. The van der Waals surface area contributed by atoms with Crippen LogP contribution in [-0.2, 0) is 4.79 Å². The van der Waals surface area contributed by atoms with Gasteiger partial charge in [0.15, 0.2) is 0 Å². The molecule has 0 aromatic heterocycles. The molecule has 0 spiro atoms. The summed E-state index contributed by atoms with van der Waals surface area (Å²) in [4.78, 5) is 11.2. The summed E-state index contributed by atoms with van der Waals surface area (Å²) in [5.74, 6) is -0.0124. The SMILES string of the molecule is CC(=O)NCC1=Cc2ccccc2NC1c1ccccc1. The van der Waals surface area contributed by atoms with Crippen molar-refractivity contribution in [3.63, 3.8) is 0 Å². The monoisotopic (exact) mass is 278 g/mol. The molecule has 2 aromatic rings. The number of carbonyl (C=O) groups is 1. The van der Waals surface area contributed by atoms with Gasteiger partial charge >= 0.3 is 0 Å². The zero-order valence-corrected chi connectivity index (χ0v) is 12.0. The number of nitrogens with one attached hydrogen (secondary N) is 2. The normalized spacial score (nSPS) is 16.4. The van der Waals surface area contributed by atoms with E-state index in [0.717, 1.165) is 16.8 Å². The zero-order valence-electron chi connectivity index (χ0n) is 12.0. The van der Waals surface area contributed by atoms with Gasteiger partial charge in [0.1, 0.15) is 0 Å². The molecule has 3 rings (SSSR count). The standard InChI is InChI=1S/C18H18N2O/c1-13(21)19-12-16-11-15-9-5-6-10-17(15)20-18(16)14-7-3-2-4-8-14/h2-11,18,20H,12H2,1H3,(H,19,21). The van der Waals surface area contributed by atoms with Gasteiger partial charge in [-0.25, -0.2) is 0 Å². The molecule has 1 atom stereocenters. The van der Waals surface area contributed by atoms with Crippen LogP contribution in [0.15, 0.2) is 60.2 Å². The van der Waals surface area contributed by atoms with Crippen molar-refractivity contribution in [2.45, 2.75) is 13.0 Å². The number of rotatable bonds is 3. The van der Waals surface area contributed by atoms with Gasteiger partial charge in [0.25, 0.3) is 0 Å². The second-order valence-corrected chi connectivity index (χ2v) is 5.20. The second-order valence-electron chi connectivity index (χ2n) is 5.20. The average Bonchev–Trinajstić information content (AvgIpc) is 2.53. The summed E-state index contributed by atoms with van der Waals surface area (Å²) in [5, 5.41) is 6.47. The highest BCUT2D eigenvalue weighted by Gasteiger charge is 2.21. The molecule has 0 aliphatic carbocycles. The van der Waals surface area contributed by atoms with E-state index in [1.54, 1.807) is 6.92 Å². The van der Waals surface area contributed by atoms with Crippen LogP contribution in [0.5, 0.6) is 0 Å². The maximum absolute atomic E-state index is 11.2. The molecule has 2 aromatic carbocycles. The van der Waals surface area contributed by atoms with E-state index in [-0.39, 0.29) is 11.9 Å². The van der Waals surface area contributed by atoms with Crippen molar-refractivity contribution in [1.82, 2.24) is 5.32 Å². The van der Waals surface area contributed by atoms with Crippen molar-refractivity contribution in [1.29, 1.82) is 0 Å². The van der Waals surface area contributed by atoms with Crippen molar-refractivity contribution >= 4 is 17.7 Å². The van der Waals surface area contributed by atoms with Crippen molar-refractivity contribution in [3.05, 3.63) is 71.3 Å². The van der Waals surface area contributed by atoms with Crippen LogP contribution in [0.2, 0.25) is 0 Å². The Morgan fingerprint density at radius 2 is 1.81 bits per heavy atom. The number of para-hydroxylation sites is 1. The molecule has 0 radical (unpaired) electrons. The van der Waals surface area contributed by atoms with Gasteiger partial charge in [0, 0.05) is 19.2 Å². The number of benzene rings is 2. The van der Waals surface area contributed by atoms with Crippen molar-refractivity contribution in [3.8, 4) is 0 Å². The van der Waals surface area contributed by atoms with Crippen LogP contribution in [0.1, 0.15) is 24.1 Å². The smallest absolute Gasteiger partial charge is 0.217 e. The Bertz CT molecular complexity index is 677. The summed E-state index contributed by atoms with van der Waals surface area (Å²) >= 11 is 0. The van der Waals surface area contributed by atoms with Crippen LogP contribution in [0.3, 0.4) is 0 Å². The van der Waals surface area contributed by atoms with Crippen molar-refractivity contribution < 1.29 is 4.79 Å². The van der Waals surface area contributed by atoms with E-state index in [2.05, 4.69) is 41.0 Å². The fourth-order valence-corrected chi connectivity index (χ4v) is 2.61. The van der Waals surface area contributed by atoms with E-state index < -0.39 is 0 Å². The molecule has 0 saturated carbocycles. The van der Waals surface area contributed by atoms with Gasteiger partial charge < -0.3 is 10.6 Å². The molecule has 1 heterocycles. The second kappa shape index (κ2) is 5.83. The minimum Gasteiger partial charge on any atom is -0.374 e. The lowest BCUT2D eigenvalue weighted by atomic mass is 9.92. The predicted molar refractivity (Wildman–Crippen MR) is 85.9 cm³/mol. The van der Waals surface area contributed by atoms with Crippen LogP contribution in [0.4, 0.5) is 5.69 Å². The van der Waals surface area contributed by atoms with E-state index in [4.69, 9.17) is 0 Å². The highest BCUT2D eigenvalue weighted by Crippen LogP contribution is 2.34. The lowest BCUT2D eigenvalue weighted by Crippen LogP contribution is -2.28. The van der Waals surface area contributed by atoms with Crippen molar-refractivity contribution in [2.75, 3.05) is 11.9 Å². The van der Waals surface area contributed by atoms with E-state index in [0.29, 0.717) is 6.54 Å². The molecule has 2 N–H and O–H groups in total. The zero-order chi connectivity index (χ0) is 14.7. The van der Waals surface area contributed by atoms with Gasteiger partial charge in [0.2, 0.25) is 5.91 Å². The first-order valence-corrected chi connectivity index (χ1v) is 7.09. The van der Waals surface area contributed by atoms with Gasteiger partial charge in [-0.3, -0.25) is 4.79 Å². The molecule has 0 bridgehead atoms. The topological polar surface area (TPSA) is 41.1 Å². The molecule has 1 aliphatic rings. The minimum absolute atomic E-state index is 0.0124. The molecule has 3 heteroatoms. The third-order valence-corrected chi connectivity index (χ3v) is 3.65. The molecule has 1 unspecified atom stereocenters. The maximum Gasteiger partial charge on any atom is 0.217 e. The quantitative estimate of drug-likeness (QED) is 0.903. The fraction of sp³-hybridized carbons (Fsp3) is 0.167. The lowest BCUT2D eigenvalue weighted by molar-refractivity contribution is -0.118. The number of fused-ring (bicyclic) bond motifs is 1. The first kappa shape index (κ1) is 13.4. The van der Waals surface area contributed by atoms with Crippen LogP contribution in [0.25, 0.3) is 6.08 Å². The fourth-order valence-electron chi connectivity index (χ4n) is 2.61. The third-order valence-electron chi connectivity index (χ3n) is 3.65. The Balaban J connectivity index is 1.96. The van der Waals surface area contributed by atoms with Crippen LogP contribution < -0.4 is 10.6 Å². The van der Waals surface area contributed by atoms with Gasteiger partial charge in [-0.2, -0.15) is 0 Å². The molecular formula is C18H18N2O. The summed E-state index contributed by atoms with van der Waals surface area (Å²) in [6.07, 6.45) is 2.17. The summed E-state index contributed by atoms with van der Waals surface area (Å²) in [6, 6.07) is 18.6. The molecule has 21 heavy (non-hydrogen) atoms. The molecule has 0 fully saturated rings. The van der Waals surface area contributed by atoms with Gasteiger partial charge in [-0.05, 0) is 28.8 Å². The number of hydrogen-bond acceptors (Lipinski definition) is 2. The Kier molecular flexibility index (Phi) is 3.73. The Morgan fingerprint density at radius 3 is 2.57 bits per heavy atom. The molecule has 3 nitrogen and oxygen atoms in total. The number of hydrogen-bond donors (Lipinski definition) is 2. The average molecular weight is 278 g/mol. The Hall–Kier alpha value is -2.55.